The van der Waals surface area contributed by atoms with E-state index in [0.29, 0.717) is 21.6 Å². The third-order valence-electron chi connectivity index (χ3n) is 4.81. The first-order chi connectivity index (χ1) is 16.3. The SMILES string of the molecule is C[C@H](NC(=O)C(F)(F)F)c1ccc(Cc2ccc(OC(F)(F)F)cc2Sc2ccccc2F)cc1. The lowest BCUT2D eigenvalue weighted by Gasteiger charge is -2.17. The smallest absolute Gasteiger partial charge is 0.406 e. The predicted octanol–water partition coefficient (Wildman–Crippen LogP) is 7.21. The lowest BCUT2D eigenvalue weighted by Crippen LogP contribution is -2.38. The molecule has 35 heavy (non-hydrogen) atoms. The average molecular weight is 517 g/mol. The third kappa shape index (κ3) is 7.64. The van der Waals surface area contributed by atoms with Crippen molar-refractivity contribution >= 4 is 17.7 Å². The van der Waals surface area contributed by atoms with E-state index < -0.39 is 36.1 Å². The summed E-state index contributed by atoms with van der Waals surface area (Å²) in [7, 11) is 0. The van der Waals surface area contributed by atoms with Crippen LogP contribution in [0.1, 0.15) is 29.7 Å². The highest BCUT2D eigenvalue weighted by atomic mass is 32.2. The van der Waals surface area contributed by atoms with Crippen LogP contribution in [0.2, 0.25) is 0 Å². The van der Waals surface area contributed by atoms with Crippen LogP contribution < -0.4 is 10.1 Å². The molecule has 0 bridgehead atoms. The van der Waals surface area contributed by atoms with Crippen LogP contribution in [0.3, 0.4) is 0 Å². The molecular weight excluding hydrogens is 499 g/mol. The highest BCUT2D eigenvalue weighted by molar-refractivity contribution is 7.99. The van der Waals surface area contributed by atoms with Crippen molar-refractivity contribution in [3.8, 4) is 5.75 Å². The molecule has 3 nitrogen and oxygen atoms in total. The summed E-state index contributed by atoms with van der Waals surface area (Å²) >= 11 is 0.941. The maximum Gasteiger partial charge on any atom is 0.573 e. The average Bonchev–Trinajstić information content (AvgIpc) is 2.76. The molecular formula is C24H18F7NO2S. The molecule has 1 atom stereocenters. The van der Waals surface area contributed by atoms with Crippen molar-refractivity contribution in [2.45, 2.75) is 41.7 Å². The van der Waals surface area contributed by atoms with Gasteiger partial charge in [-0.3, -0.25) is 4.79 Å². The molecule has 0 spiro atoms. The Morgan fingerprint density at radius 2 is 1.60 bits per heavy atom. The summed E-state index contributed by atoms with van der Waals surface area (Å²) in [5.74, 6) is -3.04. The number of hydrogen-bond acceptors (Lipinski definition) is 3. The van der Waals surface area contributed by atoms with Crippen LogP contribution in [0.4, 0.5) is 30.7 Å². The number of benzene rings is 3. The fourth-order valence-corrected chi connectivity index (χ4v) is 4.12. The first-order valence-electron chi connectivity index (χ1n) is 10.1. The first kappa shape index (κ1) is 26.4. The molecule has 0 aliphatic carbocycles. The van der Waals surface area contributed by atoms with Crippen molar-refractivity contribution in [3.05, 3.63) is 89.2 Å². The van der Waals surface area contributed by atoms with Crippen LogP contribution in [-0.2, 0) is 11.2 Å². The third-order valence-corrected chi connectivity index (χ3v) is 5.96. The highest BCUT2D eigenvalue weighted by Gasteiger charge is 2.39. The van der Waals surface area contributed by atoms with Crippen molar-refractivity contribution < 1.29 is 40.3 Å². The fraction of sp³-hybridized carbons (Fsp3) is 0.208. The number of halogens is 7. The first-order valence-corrected chi connectivity index (χ1v) is 10.9. The van der Waals surface area contributed by atoms with Gasteiger partial charge in [-0.05, 0) is 54.3 Å². The summed E-state index contributed by atoms with van der Waals surface area (Å²) in [6.45, 7) is 1.40. The molecule has 0 aliphatic rings. The molecule has 1 N–H and O–H groups in total. The molecule has 0 aliphatic heterocycles. The van der Waals surface area contributed by atoms with Crippen LogP contribution in [0.5, 0.6) is 5.75 Å². The quantitative estimate of drug-likeness (QED) is 0.337. The Morgan fingerprint density at radius 1 is 0.943 bits per heavy atom. The van der Waals surface area contributed by atoms with E-state index >= 15 is 0 Å². The van der Waals surface area contributed by atoms with Crippen molar-refractivity contribution in [3.63, 3.8) is 0 Å². The van der Waals surface area contributed by atoms with Gasteiger partial charge < -0.3 is 10.1 Å². The van der Waals surface area contributed by atoms with Gasteiger partial charge >= 0.3 is 18.4 Å². The number of carbonyl (C=O) groups excluding carboxylic acids is 1. The van der Waals surface area contributed by atoms with Gasteiger partial charge in [-0.25, -0.2) is 4.39 Å². The fourth-order valence-electron chi connectivity index (χ4n) is 3.12. The molecule has 3 aromatic carbocycles. The van der Waals surface area contributed by atoms with E-state index in [1.165, 1.54) is 37.3 Å². The number of carbonyl (C=O) groups is 1. The summed E-state index contributed by atoms with van der Waals surface area (Å²) in [5.41, 5.74) is 1.71. The topological polar surface area (TPSA) is 38.3 Å². The molecule has 186 valence electrons. The van der Waals surface area contributed by atoms with Gasteiger partial charge in [0.2, 0.25) is 0 Å². The maximum atomic E-state index is 14.2. The molecule has 0 saturated carbocycles. The molecule has 0 saturated heterocycles. The molecule has 3 rings (SSSR count). The number of amides is 1. The van der Waals surface area contributed by atoms with E-state index in [4.69, 9.17) is 0 Å². The van der Waals surface area contributed by atoms with Gasteiger partial charge in [0.05, 0.1) is 6.04 Å². The predicted molar refractivity (Wildman–Crippen MR) is 116 cm³/mol. The minimum absolute atomic E-state index is 0.211. The van der Waals surface area contributed by atoms with Crippen LogP contribution in [0, 0.1) is 5.82 Å². The second-order valence-corrected chi connectivity index (χ2v) is 8.54. The van der Waals surface area contributed by atoms with Crippen molar-refractivity contribution in [2.75, 3.05) is 0 Å². The van der Waals surface area contributed by atoms with Crippen LogP contribution in [0.15, 0.2) is 76.5 Å². The van der Waals surface area contributed by atoms with E-state index in [2.05, 4.69) is 4.74 Å². The Hall–Kier alpha value is -3.21. The molecule has 0 aromatic heterocycles. The Balaban J connectivity index is 1.83. The Kier molecular flexibility index (Phi) is 7.99. The van der Waals surface area contributed by atoms with E-state index in [-0.39, 0.29) is 11.3 Å². The molecule has 3 aromatic rings. The minimum atomic E-state index is -5.00. The van der Waals surface area contributed by atoms with Gasteiger partial charge in [0, 0.05) is 9.79 Å². The van der Waals surface area contributed by atoms with Gasteiger partial charge in [-0.2, -0.15) is 13.2 Å². The lowest BCUT2D eigenvalue weighted by molar-refractivity contribution is -0.274. The second-order valence-electron chi connectivity index (χ2n) is 7.46. The zero-order chi connectivity index (χ0) is 25.8. The summed E-state index contributed by atoms with van der Waals surface area (Å²) < 4.78 is 93.6. The van der Waals surface area contributed by atoms with Crippen molar-refractivity contribution in [2.24, 2.45) is 0 Å². The van der Waals surface area contributed by atoms with Crippen LogP contribution in [0.25, 0.3) is 0 Å². The van der Waals surface area contributed by atoms with Gasteiger partial charge in [0.25, 0.3) is 0 Å². The van der Waals surface area contributed by atoms with Gasteiger partial charge in [0.15, 0.2) is 0 Å². The second kappa shape index (κ2) is 10.6. The Morgan fingerprint density at radius 3 is 2.20 bits per heavy atom. The van der Waals surface area contributed by atoms with Gasteiger partial charge in [-0.1, -0.05) is 54.2 Å². The number of hydrogen-bond donors (Lipinski definition) is 1. The van der Waals surface area contributed by atoms with E-state index in [1.54, 1.807) is 30.3 Å². The van der Waals surface area contributed by atoms with E-state index in [9.17, 15) is 35.5 Å². The van der Waals surface area contributed by atoms with Crippen LogP contribution in [-0.4, -0.2) is 18.4 Å². The summed E-state index contributed by atoms with van der Waals surface area (Å²) in [6.07, 6.45) is -9.65. The number of ether oxygens (including phenoxy) is 1. The normalized spacial score (nSPS) is 12.8. The Labute approximate surface area is 200 Å². The number of nitrogens with one attached hydrogen (secondary N) is 1. The zero-order valence-electron chi connectivity index (χ0n) is 18.0. The minimum Gasteiger partial charge on any atom is -0.406 e. The standard InChI is InChI=1S/C24H18F7NO2S/c1-14(32-22(33)23(26,27)28)16-8-6-15(7-9-16)12-17-10-11-18(34-24(29,30)31)13-21(17)35-20-5-3-2-4-19(20)25/h2-11,13-14H,12H2,1H3,(H,32,33)/t14-/m0/s1. The maximum absolute atomic E-state index is 14.2. The molecule has 0 unspecified atom stereocenters. The monoisotopic (exact) mass is 517 g/mol. The molecule has 11 heteroatoms. The summed E-state index contributed by atoms with van der Waals surface area (Å²) in [5, 5.41) is 1.86. The van der Waals surface area contributed by atoms with Crippen molar-refractivity contribution in [1.29, 1.82) is 0 Å². The van der Waals surface area contributed by atoms with Gasteiger partial charge in [0.1, 0.15) is 11.6 Å². The number of alkyl halides is 6. The molecule has 0 heterocycles. The van der Waals surface area contributed by atoms with E-state index in [1.807, 2.05) is 5.32 Å². The molecule has 1 amide bonds. The zero-order valence-corrected chi connectivity index (χ0v) is 18.8. The lowest BCUT2D eigenvalue weighted by atomic mass is 10.0. The Bertz CT molecular complexity index is 1180. The summed E-state index contributed by atoms with van der Waals surface area (Å²) in [4.78, 5) is 11.7. The highest BCUT2D eigenvalue weighted by Crippen LogP contribution is 2.37. The number of rotatable bonds is 7. The summed E-state index contributed by atoms with van der Waals surface area (Å²) in [6, 6.07) is 15.0. The van der Waals surface area contributed by atoms with E-state index in [0.717, 1.165) is 17.8 Å². The largest absolute Gasteiger partial charge is 0.573 e. The molecule has 0 fully saturated rings. The molecule has 0 radical (unpaired) electrons. The van der Waals surface area contributed by atoms with Crippen molar-refractivity contribution in [1.82, 2.24) is 5.32 Å². The van der Waals surface area contributed by atoms with Crippen LogP contribution >= 0.6 is 11.8 Å². The van der Waals surface area contributed by atoms with Gasteiger partial charge in [-0.15, -0.1) is 13.2 Å².